The van der Waals surface area contributed by atoms with E-state index in [0.717, 1.165) is 11.3 Å². The Balaban J connectivity index is 2.37. The van der Waals surface area contributed by atoms with Gasteiger partial charge in [0, 0.05) is 19.4 Å². The quantitative estimate of drug-likeness (QED) is 0.533. The summed E-state index contributed by atoms with van der Waals surface area (Å²) in [5.74, 6) is 5.53. The third-order valence-corrected chi connectivity index (χ3v) is 2.26. The molecule has 0 aliphatic rings. The van der Waals surface area contributed by atoms with Crippen molar-refractivity contribution in [2.75, 3.05) is 0 Å². The molecule has 0 saturated carbocycles. The minimum Gasteiger partial charge on any atom is -0.271 e. The molecule has 0 saturated heterocycles. The van der Waals surface area contributed by atoms with Gasteiger partial charge < -0.3 is 0 Å². The second-order valence-corrected chi connectivity index (χ2v) is 3.16. The molecule has 0 aliphatic carbocycles. The predicted octanol–water partition coefficient (Wildman–Crippen LogP) is -0.237. The predicted molar refractivity (Wildman–Crippen MR) is 54.4 cm³/mol. The van der Waals surface area contributed by atoms with Crippen molar-refractivity contribution in [3.63, 3.8) is 0 Å². The van der Waals surface area contributed by atoms with Crippen LogP contribution in [0.25, 0.3) is 0 Å². The first-order valence-corrected chi connectivity index (χ1v) is 4.53. The van der Waals surface area contributed by atoms with Gasteiger partial charge in [0.15, 0.2) is 0 Å². The van der Waals surface area contributed by atoms with Gasteiger partial charge in [0.1, 0.15) is 0 Å². The molecule has 0 spiro atoms. The summed E-state index contributed by atoms with van der Waals surface area (Å²) >= 11 is 0. The van der Waals surface area contributed by atoms with Gasteiger partial charge in [-0.2, -0.15) is 15.3 Å². The zero-order valence-electron chi connectivity index (χ0n) is 8.33. The molecule has 6 heteroatoms. The molecule has 0 bridgehead atoms. The lowest BCUT2D eigenvalue weighted by Gasteiger charge is -2.15. The van der Waals surface area contributed by atoms with Crippen molar-refractivity contribution < 1.29 is 0 Å². The summed E-state index contributed by atoms with van der Waals surface area (Å²) in [5.41, 5.74) is 4.66. The van der Waals surface area contributed by atoms with E-state index < -0.39 is 0 Å². The Kier molecular flexibility index (Phi) is 2.70. The topological polar surface area (TPSA) is 81.7 Å². The normalized spacial score (nSPS) is 12.7. The first-order valence-electron chi connectivity index (χ1n) is 4.53. The highest BCUT2D eigenvalue weighted by molar-refractivity contribution is 5.23. The van der Waals surface area contributed by atoms with Crippen molar-refractivity contribution in [2.24, 2.45) is 12.9 Å². The molecule has 2 rings (SSSR count). The summed E-state index contributed by atoms with van der Waals surface area (Å²) in [6.07, 6.45) is 5.04. The first kappa shape index (κ1) is 9.75. The molecule has 0 fully saturated rings. The van der Waals surface area contributed by atoms with Crippen LogP contribution < -0.4 is 11.3 Å². The molecule has 2 aromatic heterocycles. The summed E-state index contributed by atoms with van der Waals surface area (Å²) in [6.45, 7) is 0. The van der Waals surface area contributed by atoms with E-state index in [1.165, 1.54) is 0 Å². The molecular formula is C9H12N6. The fourth-order valence-electron chi connectivity index (χ4n) is 1.49. The van der Waals surface area contributed by atoms with Crippen LogP contribution in [0.1, 0.15) is 17.3 Å². The molecule has 0 amide bonds. The SMILES string of the molecule is Cn1nccc1C(NN)c1ccnnc1. The third kappa shape index (κ3) is 1.85. The summed E-state index contributed by atoms with van der Waals surface area (Å²) < 4.78 is 1.77. The second-order valence-electron chi connectivity index (χ2n) is 3.16. The summed E-state index contributed by atoms with van der Waals surface area (Å²) in [6, 6.07) is 3.66. The Labute approximate surface area is 87.1 Å². The van der Waals surface area contributed by atoms with Crippen LogP contribution in [0.4, 0.5) is 0 Å². The standard InChI is InChI=1S/C9H12N6/c1-15-8(3-5-13-15)9(14-10)7-2-4-11-12-6-7/h2-6,9,14H,10H2,1H3. The fraction of sp³-hybridized carbons (Fsp3) is 0.222. The Bertz CT molecular complexity index is 423. The first-order chi connectivity index (χ1) is 7.33. The van der Waals surface area contributed by atoms with Gasteiger partial charge in [-0.15, -0.1) is 0 Å². The molecular weight excluding hydrogens is 192 g/mol. The monoisotopic (exact) mass is 204 g/mol. The van der Waals surface area contributed by atoms with Gasteiger partial charge in [0.25, 0.3) is 0 Å². The fourth-order valence-corrected chi connectivity index (χ4v) is 1.49. The summed E-state index contributed by atoms with van der Waals surface area (Å²) in [4.78, 5) is 0. The minimum absolute atomic E-state index is 0.118. The number of hydrogen-bond acceptors (Lipinski definition) is 5. The van der Waals surface area contributed by atoms with E-state index in [9.17, 15) is 0 Å². The molecule has 15 heavy (non-hydrogen) atoms. The van der Waals surface area contributed by atoms with Crippen molar-refractivity contribution in [1.29, 1.82) is 0 Å². The average Bonchev–Trinajstić information content (AvgIpc) is 2.68. The van der Waals surface area contributed by atoms with Gasteiger partial charge in [-0.3, -0.25) is 10.5 Å². The number of rotatable bonds is 3. The van der Waals surface area contributed by atoms with Crippen molar-refractivity contribution in [1.82, 2.24) is 25.4 Å². The lowest BCUT2D eigenvalue weighted by molar-refractivity contribution is 0.572. The molecule has 6 nitrogen and oxygen atoms in total. The molecule has 1 unspecified atom stereocenters. The number of nitrogens with two attached hydrogens (primary N) is 1. The second kappa shape index (κ2) is 4.16. The van der Waals surface area contributed by atoms with Crippen LogP contribution >= 0.6 is 0 Å². The van der Waals surface area contributed by atoms with Crippen LogP contribution in [0.2, 0.25) is 0 Å². The minimum atomic E-state index is -0.118. The maximum absolute atomic E-state index is 5.53. The van der Waals surface area contributed by atoms with Gasteiger partial charge in [0.2, 0.25) is 0 Å². The van der Waals surface area contributed by atoms with E-state index in [4.69, 9.17) is 5.84 Å². The zero-order chi connectivity index (χ0) is 10.7. The van der Waals surface area contributed by atoms with Crippen molar-refractivity contribution in [3.8, 4) is 0 Å². The molecule has 3 N–H and O–H groups in total. The Morgan fingerprint density at radius 3 is 2.73 bits per heavy atom. The van der Waals surface area contributed by atoms with Crippen LogP contribution in [-0.2, 0) is 7.05 Å². The van der Waals surface area contributed by atoms with Crippen molar-refractivity contribution in [3.05, 3.63) is 42.0 Å². The van der Waals surface area contributed by atoms with Crippen LogP contribution in [0, 0.1) is 0 Å². The lowest BCUT2D eigenvalue weighted by Crippen LogP contribution is -2.30. The van der Waals surface area contributed by atoms with Crippen LogP contribution in [-0.4, -0.2) is 20.0 Å². The Morgan fingerprint density at radius 2 is 2.20 bits per heavy atom. The zero-order valence-corrected chi connectivity index (χ0v) is 8.33. The van der Waals surface area contributed by atoms with Crippen molar-refractivity contribution in [2.45, 2.75) is 6.04 Å². The lowest BCUT2D eigenvalue weighted by atomic mass is 10.1. The van der Waals surface area contributed by atoms with Crippen LogP contribution in [0.3, 0.4) is 0 Å². The molecule has 0 aromatic carbocycles. The number of hydrazine groups is 1. The van der Waals surface area contributed by atoms with E-state index in [0.29, 0.717) is 0 Å². The Hall–Kier alpha value is -1.79. The third-order valence-electron chi connectivity index (χ3n) is 2.26. The molecule has 78 valence electrons. The Morgan fingerprint density at radius 1 is 1.33 bits per heavy atom. The molecule has 2 aromatic rings. The number of hydrogen-bond donors (Lipinski definition) is 2. The number of aromatic nitrogens is 4. The number of nitrogens with zero attached hydrogens (tertiary/aromatic N) is 4. The largest absolute Gasteiger partial charge is 0.271 e. The highest BCUT2D eigenvalue weighted by Gasteiger charge is 2.15. The van der Waals surface area contributed by atoms with E-state index in [1.54, 1.807) is 23.3 Å². The molecule has 0 radical (unpaired) electrons. The van der Waals surface area contributed by atoms with Gasteiger partial charge in [-0.1, -0.05) is 0 Å². The molecule has 1 atom stereocenters. The van der Waals surface area contributed by atoms with E-state index in [-0.39, 0.29) is 6.04 Å². The van der Waals surface area contributed by atoms with E-state index >= 15 is 0 Å². The van der Waals surface area contributed by atoms with E-state index in [2.05, 4.69) is 20.7 Å². The number of aryl methyl sites for hydroxylation is 1. The highest BCUT2D eigenvalue weighted by Crippen LogP contribution is 2.18. The molecule has 2 heterocycles. The summed E-state index contributed by atoms with van der Waals surface area (Å²) in [7, 11) is 1.87. The smallest absolute Gasteiger partial charge is 0.0894 e. The maximum Gasteiger partial charge on any atom is 0.0894 e. The van der Waals surface area contributed by atoms with E-state index in [1.807, 2.05) is 19.2 Å². The van der Waals surface area contributed by atoms with Crippen molar-refractivity contribution >= 4 is 0 Å². The maximum atomic E-state index is 5.53. The molecule has 0 aliphatic heterocycles. The van der Waals surface area contributed by atoms with Gasteiger partial charge in [-0.25, -0.2) is 5.43 Å². The summed E-state index contributed by atoms with van der Waals surface area (Å²) in [5, 5.41) is 11.6. The van der Waals surface area contributed by atoms with Gasteiger partial charge in [0.05, 0.1) is 17.9 Å². The van der Waals surface area contributed by atoms with Crippen LogP contribution in [0.5, 0.6) is 0 Å². The number of nitrogens with one attached hydrogen (secondary N) is 1. The van der Waals surface area contributed by atoms with Gasteiger partial charge >= 0.3 is 0 Å². The van der Waals surface area contributed by atoms with Crippen LogP contribution in [0.15, 0.2) is 30.7 Å². The van der Waals surface area contributed by atoms with Gasteiger partial charge in [-0.05, 0) is 17.7 Å². The average molecular weight is 204 g/mol. The highest BCUT2D eigenvalue weighted by atomic mass is 15.3.